The smallest absolute Gasteiger partial charge is 0.225 e. The Balaban J connectivity index is 1.71. The van der Waals surface area contributed by atoms with Gasteiger partial charge in [0.05, 0.1) is 0 Å². The van der Waals surface area contributed by atoms with E-state index in [1.165, 1.54) is 0 Å². The highest BCUT2D eigenvalue weighted by molar-refractivity contribution is 5.91. The monoisotopic (exact) mass is 403 g/mol. The number of nitrogens with one attached hydrogen (secondary N) is 1. The zero-order valence-corrected chi connectivity index (χ0v) is 18.0. The third-order valence-electron chi connectivity index (χ3n) is 5.15. The van der Waals surface area contributed by atoms with Gasteiger partial charge in [0.1, 0.15) is 5.82 Å². The Morgan fingerprint density at radius 2 is 1.83 bits per heavy atom. The molecule has 0 aliphatic carbocycles. The molecule has 0 aliphatic rings. The number of carbonyl (C=O) groups excluding carboxylic acids is 1. The van der Waals surface area contributed by atoms with Gasteiger partial charge in [-0.05, 0) is 41.2 Å². The molecule has 2 heterocycles. The van der Waals surface area contributed by atoms with Gasteiger partial charge in [0.2, 0.25) is 11.9 Å². The molecule has 1 unspecified atom stereocenters. The van der Waals surface area contributed by atoms with Crippen LogP contribution < -0.4 is 10.2 Å². The highest BCUT2D eigenvalue weighted by Crippen LogP contribution is 2.23. The van der Waals surface area contributed by atoms with Gasteiger partial charge in [-0.2, -0.15) is 4.98 Å². The van der Waals surface area contributed by atoms with E-state index in [-0.39, 0.29) is 11.9 Å². The van der Waals surface area contributed by atoms with Crippen LogP contribution in [0.1, 0.15) is 39.7 Å². The maximum absolute atomic E-state index is 12.3. The average Bonchev–Trinajstić information content (AvgIpc) is 2.76. The first-order valence-corrected chi connectivity index (χ1v) is 10.4. The molecule has 1 amide bonds. The van der Waals surface area contributed by atoms with Gasteiger partial charge < -0.3 is 5.32 Å². The van der Waals surface area contributed by atoms with Crippen LogP contribution in [0.2, 0.25) is 0 Å². The number of nitrogens with zero attached hydrogens (tertiary/aromatic N) is 4. The van der Waals surface area contributed by atoms with E-state index >= 15 is 0 Å². The lowest BCUT2D eigenvalue weighted by Gasteiger charge is -2.32. The van der Waals surface area contributed by atoms with E-state index in [1.807, 2.05) is 18.3 Å². The maximum atomic E-state index is 12.3. The molecule has 6 heteroatoms. The van der Waals surface area contributed by atoms with Crippen LogP contribution in [-0.4, -0.2) is 26.9 Å². The second-order valence-electron chi connectivity index (χ2n) is 7.64. The fraction of sp³-hybridized carbons (Fsp3) is 0.333. The number of amides is 1. The summed E-state index contributed by atoms with van der Waals surface area (Å²) in [7, 11) is 0. The van der Waals surface area contributed by atoms with Crippen molar-refractivity contribution in [3.63, 3.8) is 0 Å². The van der Waals surface area contributed by atoms with Crippen molar-refractivity contribution in [2.75, 3.05) is 10.2 Å². The Bertz CT molecular complexity index is 957. The van der Waals surface area contributed by atoms with Crippen molar-refractivity contribution in [1.82, 2.24) is 15.0 Å². The molecule has 0 saturated heterocycles. The molecule has 0 radical (unpaired) electrons. The molecule has 0 saturated carbocycles. The van der Waals surface area contributed by atoms with Crippen molar-refractivity contribution in [2.24, 2.45) is 5.92 Å². The van der Waals surface area contributed by atoms with Crippen LogP contribution >= 0.6 is 0 Å². The van der Waals surface area contributed by atoms with E-state index in [2.05, 4.69) is 65.3 Å². The van der Waals surface area contributed by atoms with E-state index in [0.717, 1.165) is 23.1 Å². The highest BCUT2D eigenvalue weighted by atomic mass is 16.2. The largest absolute Gasteiger partial charge is 0.350 e. The number of carbonyl (C=O) groups is 1. The molecule has 3 rings (SSSR count). The van der Waals surface area contributed by atoms with Gasteiger partial charge in [0.25, 0.3) is 0 Å². The van der Waals surface area contributed by atoms with Crippen LogP contribution in [0.4, 0.5) is 11.8 Å². The second-order valence-corrected chi connectivity index (χ2v) is 7.64. The zero-order chi connectivity index (χ0) is 21.5. The number of pyridine rings is 1. The fourth-order valence-electron chi connectivity index (χ4n) is 3.62. The number of hydrogen-bond acceptors (Lipinski definition) is 5. The number of aromatic nitrogens is 3. The standard InChI is InChI=1S/C24H29N5O/c1-5-22(17(2)3)29(18(4)30)23-12-14-26-24(28-23)27-15-19-8-10-20(11-9-19)21-7-6-13-25-16-21/h6-14,16-17,22H,5,15H2,1-4H3,(H,26,27,28). The van der Waals surface area contributed by atoms with Crippen LogP contribution in [0.5, 0.6) is 0 Å². The third-order valence-corrected chi connectivity index (χ3v) is 5.15. The number of hydrogen-bond donors (Lipinski definition) is 1. The average molecular weight is 404 g/mol. The van der Waals surface area contributed by atoms with Gasteiger partial charge in [0.15, 0.2) is 0 Å². The lowest BCUT2D eigenvalue weighted by atomic mass is 10.00. The highest BCUT2D eigenvalue weighted by Gasteiger charge is 2.25. The first-order valence-electron chi connectivity index (χ1n) is 10.4. The molecule has 156 valence electrons. The third kappa shape index (κ3) is 5.20. The molecule has 0 bridgehead atoms. The molecule has 1 N–H and O–H groups in total. The van der Waals surface area contributed by atoms with E-state index in [1.54, 1.807) is 30.3 Å². The molecule has 0 spiro atoms. The SMILES string of the molecule is CCC(C(C)C)N(C(C)=O)c1ccnc(NCc2ccc(-c3cccnc3)cc2)n1. The number of anilines is 2. The molecule has 6 nitrogen and oxygen atoms in total. The molecular weight excluding hydrogens is 374 g/mol. The van der Waals surface area contributed by atoms with Gasteiger partial charge in [-0.1, -0.05) is 51.1 Å². The van der Waals surface area contributed by atoms with Crippen molar-refractivity contribution < 1.29 is 4.79 Å². The number of rotatable bonds is 8. The minimum atomic E-state index is -0.00816. The van der Waals surface area contributed by atoms with Crippen molar-refractivity contribution in [1.29, 1.82) is 0 Å². The molecule has 3 aromatic rings. The normalized spacial score (nSPS) is 11.9. The van der Waals surface area contributed by atoms with Gasteiger partial charge in [-0.15, -0.1) is 0 Å². The topological polar surface area (TPSA) is 71.0 Å². The molecule has 1 atom stereocenters. The molecule has 0 aliphatic heterocycles. The first-order chi connectivity index (χ1) is 14.5. The van der Waals surface area contributed by atoms with Crippen LogP contribution in [0.15, 0.2) is 61.1 Å². The summed E-state index contributed by atoms with van der Waals surface area (Å²) in [5.74, 6) is 1.47. The maximum Gasteiger partial charge on any atom is 0.225 e. The van der Waals surface area contributed by atoms with E-state index in [0.29, 0.717) is 24.2 Å². The summed E-state index contributed by atoms with van der Waals surface area (Å²) >= 11 is 0. The van der Waals surface area contributed by atoms with E-state index < -0.39 is 0 Å². The predicted octanol–water partition coefficient (Wildman–Crippen LogP) is 4.94. The Kier molecular flexibility index (Phi) is 7.12. The van der Waals surface area contributed by atoms with Crippen LogP contribution in [0.25, 0.3) is 11.1 Å². The minimum Gasteiger partial charge on any atom is -0.350 e. The molecule has 1 aromatic carbocycles. The minimum absolute atomic E-state index is 0.00816. The second kappa shape index (κ2) is 9.96. The summed E-state index contributed by atoms with van der Waals surface area (Å²) < 4.78 is 0. The Hall–Kier alpha value is -3.28. The lowest BCUT2D eigenvalue weighted by Crippen LogP contribution is -2.42. The predicted molar refractivity (Wildman–Crippen MR) is 121 cm³/mol. The van der Waals surface area contributed by atoms with Crippen molar-refractivity contribution in [2.45, 2.75) is 46.7 Å². The van der Waals surface area contributed by atoms with Crippen molar-refractivity contribution >= 4 is 17.7 Å². The Labute approximate surface area is 178 Å². The van der Waals surface area contributed by atoms with E-state index in [9.17, 15) is 4.79 Å². The summed E-state index contributed by atoms with van der Waals surface area (Å²) in [4.78, 5) is 27.2. The molecular formula is C24H29N5O. The summed E-state index contributed by atoms with van der Waals surface area (Å²) in [6, 6.07) is 14.2. The van der Waals surface area contributed by atoms with Gasteiger partial charge in [-0.3, -0.25) is 14.7 Å². The van der Waals surface area contributed by atoms with Gasteiger partial charge in [-0.25, -0.2) is 4.98 Å². The summed E-state index contributed by atoms with van der Waals surface area (Å²) in [6.07, 6.45) is 6.19. The van der Waals surface area contributed by atoms with Crippen LogP contribution in [0.3, 0.4) is 0 Å². The van der Waals surface area contributed by atoms with Crippen LogP contribution in [0, 0.1) is 5.92 Å². The van der Waals surface area contributed by atoms with Gasteiger partial charge >= 0.3 is 0 Å². The van der Waals surface area contributed by atoms with E-state index in [4.69, 9.17) is 0 Å². The number of benzene rings is 1. The fourth-order valence-corrected chi connectivity index (χ4v) is 3.62. The first kappa shape index (κ1) is 21.4. The Morgan fingerprint density at radius 3 is 2.43 bits per heavy atom. The van der Waals surface area contributed by atoms with Crippen molar-refractivity contribution in [3.8, 4) is 11.1 Å². The zero-order valence-electron chi connectivity index (χ0n) is 18.0. The summed E-state index contributed by atoms with van der Waals surface area (Å²) in [5.41, 5.74) is 3.34. The van der Waals surface area contributed by atoms with Gasteiger partial charge in [0, 0.05) is 38.1 Å². The van der Waals surface area contributed by atoms with Crippen molar-refractivity contribution in [3.05, 3.63) is 66.6 Å². The molecule has 2 aromatic heterocycles. The molecule has 0 fully saturated rings. The summed E-state index contributed by atoms with van der Waals surface area (Å²) in [6.45, 7) is 8.53. The summed E-state index contributed by atoms with van der Waals surface area (Å²) in [5, 5.41) is 3.27. The molecule has 30 heavy (non-hydrogen) atoms. The lowest BCUT2D eigenvalue weighted by molar-refractivity contribution is -0.117. The quantitative estimate of drug-likeness (QED) is 0.577. The van der Waals surface area contributed by atoms with Crippen LogP contribution in [-0.2, 0) is 11.3 Å². The Morgan fingerprint density at radius 1 is 1.07 bits per heavy atom.